The highest BCUT2D eigenvalue weighted by atomic mass is 16.2. The van der Waals surface area contributed by atoms with E-state index in [0.717, 1.165) is 23.7 Å². The van der Waals surface area contributed by atoms with Gasteiger partial charge in [-0.15, -0.1) is 0 Å². The van der Waals surface area contributed by atoms with Crippen LogP contribution in [-0.2, 0) is 4.79 Å². The molecule has 96 valence electrons. The van der Waals surface area contributed by atoms with E-state index in [1.165, 1.54) is 32.1 Å². The summed E-state index contributed by atoms with van der Waals surface area (Å²) in [4.78, 5) is 14.3. The monoisotopic (exact) mass is 235 g/mol. The Balaban J connectivity index is 1.77. The summed E-state index contributed by atoms with van der Waals surface area (Å²) in [6, 6.07) is 0.567. The molecule has 4 bridgehead atoms. The lowest BCUT2D eigenvalue weighted by Crippen LogP contribution is -2.56. The van der Waals surface area contributed by atoms with Crippen molar-refractivity contribution >= 4 is 5.91 Å². The first-order valence-electron chi connectivity index (χ1n) is 7.33. The second-order valence-corrected chi connectivity index (χ2v) is 7.03. The molecule has 0 aromatic rings. The van der Waals surface area contributed by atoms with Crippen LogP contribution in [0.2, 0.25) is 0 Å². The number of hydrogen-bond acceptors (Lipinski definition) is 1. The van der Waals surface area contributed by atoms with Crippen molar-refractivity contribution in [2.75, 3.05) is 7.05 Å². The average Bonchev–Trinajstić information content (AvgIpc) is 2.26. The molecule has 17 heavy (non-hydrogen) atoms. The van der Waals surface area contributed by atoms with Crippen LogP contribution in [0.15, 0.2) is 0 Å². The summed E-state index contributed by atoms with van der Waals surface area (Å²) in [5, 5.41) is 0. The topological polar surface area (TPSA) is 20.3 Å². The maximum Gasteiger partial charge on any atom is 0.225 e. The molecule has 4 fully saturated rings. The summed E-state index contributed by atoms with van der Waals surface area (Å²) in [5.74, 6) is 4.13. The van der Waals surface area contributed by atoms with Gasteiger partial charge in [-0.25, -0.2) is 0 Å². The third kappa shape index (κ3) is 1.80. The highest BCUT2D eigenvalue weighted by Crippen LogP contribution is 2.55. The molecule has 0 aromatic heterocycles. The number of carbonyl (C=O) groups excluding carboxylic acids is 1. The predicted molar refractivity (Wildman–Crippen MR) is 68.4 cm³/mol. The fraction of sp³-hybridized carbons (Fsp3) is 0.933. The van der Waals surface area contributed by atoms with Crippen molar-refractivity contribution in [1.82, 2.24) is 4.90 Å². The van der Waals surface area contributed by atoms with Gasteiger partial charge in [0.2, 0.25) is 5.91 Å². The van der Waals surface area contributed by atoms with Crippen LogP contribution in [0, 0.1) is 29.6 Å². The Hall–Kier alpha value is -0.530. The molecule has 2 heteroatoms. The van der Waals surface area contributed by atoms with E-state index in [0.29, 0.717) is 11.9 Å². The van der Waals surface area contributed by atoms with Gasteiger partial charge in [-0.05, 0) is 55.8 Å². The van der Waals surface area contributed by atoms with Gasteiger partial charge in [-0.3, -0.25) is 4.79 Å². The van der Waals surface area contributed by atoms with E-state index in [1.54, 1.807) is 0 Å². The molecule has 2 nitrogen and oxygen atoms in total. The molecular weight excluding hydrogens is 210 g/mol. The Kier molecular flexibility index (Phi) is 2.72. The molecular formula is C15H25NO. The third-order valence-corrected chi connectivity index (χ3v) is 5.47. The molecule has 0 spiro atoms. The average molecular weight is 235 g/mol. The SMILES string of the molecule is CC(C)C(=O)N(C)C1C2CC3CC(C2)CC1C3. The Labute approximate surface area is 105 Å². The van der Waals surface area contributed by atoms with Crippen LogP contribution < -0.4 is 0 Å². The van der Waals surface area contributed by atoms with Crippen LogP contribution in [0.4, 0.5) is 0 Å². The summed E-state index contributed by atoms with van der Waals surface area (Å²) in [6.45, 7) is 4.05. The normalized spacial score (nSPS) is 43.2. The summed E-state index contributed by atoms with van der Waals surface area (Å²) in [6.07, 6.45) is 7.07. The predicted octanol–water partition coefficient (Wildman–Crippen LogP) is 2.93. The highest BCUT2D eigenvalue weighted by Gasteiger charge is 2.50. The van der Waals surface area contributed by atoms with Gasteiger partial charge < -0.3 is 4.90 Å². The van der Waals surface area contributed by atoms with Crippen molar-refractivity contribution in [3.63, 3.8) is 0 Å². The Morgan fingerprint density at radius 3 is 1.88 bits per heavy atom. The molecule has 0 aromatic carbocycles. The number of nitrogens with zero attached hydrogens (tertiary/aromatic N) is 1. The minimum atomic E-state index is 0.150. The molecule has 4 aliphatic carbocycles. The van der Waals surface area contributed by atoms with Gasteiger partial charge in [0.1, 0.15) is 0 Å². The minimum absolute atomic E-state index is 0.150. The Morgan fingerprint density at radius 1 is 1.00 bits per heavy atom. The van der Waals surface area contributed by atoms with Crippen LogP contribution in [0.25, 0.3) is 0 Å². The van der Waals surface area contributed by atoms with Crippen molar-refractivity contribution in [2.24, 2.45) is 29.6 Å². The maximum atomic E-state index is 12.2. The molecule has 4 rings (SSSR count). The van der Waals surface area contributed by atoms with E-state index in [4.69, 9.17) is 0 Å². The zero-order chi connectivity index (χ0) is 12.2. The van der Waals surface area contributed by atoms with Crippen molar-refractivity contribution < 1.29 is 4.79 Å². The van der Waals surface area contributed by atoms with E-state index < -0.39 is 0 Å². The second kappa shape index (κ2) is 4.00. The number of hydrogen-bond donors (Lipinski definition) is 0. The highest BCUT2D eigenvalue weighted by molar-refractivity contribution is 5.78. The molecule has 0 heterocycles. The van der Waals surface area contributed by atoms with E-state index in [2.05, 4.69) is 11.9 Å². The van der Waals surface area contributed by atoms with Gasteiger partial charge >= 0.3 is 0 Å². The van der Waals surface area contributed by atoms with Crippen LogP contribution in [0.3, 0.4) is 0 Å². The summed E-state index contributed by atoms with van der Waals surface area (Å²) in [7, 11) is 2.05. The largest absolute Gasteiger partial charge is 0.342 e. The first-order chi connectivity index (χ1) is 8.06. The van der Waals surface area contributed by atoms with Gasteiger partial charge in [-0.1, -0.05) is 13.8 Å². The van der Waals surface area contributed by atoms with Crippen LogP contribution >= 0.6 is 0 Å². The van der Waals surface area contributed by atoms with Crippen LogP contribution in [-0.4, -0.2) is 23.9 Å². The molecule has 0 atom stereocenters. The molecule has 0 radical (unpaired) electrons. The zero-order valence-corrected chi connectivity index (χ0v) is 11.4. The molecule has 0 saturated heterocycles. The number of rotatable bonds is 2. The van der Waals surface area contributed by atoms with Gasteiger partial charge in [0.25, 0.3) is 0 Å². The van der Waals surface area contributed by atoms with E-state index >= 15 is 0 Å². The Morgan fingerprint density at radius 2 is 1.47 bits per heavy atom. The first-order valence-corrected chi connectivity index (χ1v) is 7.33. The maximum absolute atomic E-state index is 12.2. The lowest BCUT2D eigenvalue weighted by atomic mass is 9.54. The lowest BCUT2D eigenvalue weighted by molar-refractivity contribution is -0.144. The van der Waals surface area contributed by atoms with E-state index in [9.17, 15) is 4.79 Å². The first kappa shape index (κ1) is 11.6. The van der Waals surface area contributed by atoms with Gasteiger partial charge in [0.15, 0.2) is 0 Å². The zero-order valence-electron chi connectivity index (χ0n) is 11.4. The summed E-state index contributed by atoms with van der Waals surface area (Å²) >= 11 is 0. The smallest absolute Gasteiger partial charge is 0.225 e. The van der Waals surface area contributed by atoms with Gasteiger partial charge in [0.05, 0.1) is 0 Å². The molecule has 0 N–H and O–H groups in total. The van der Waals surface area contributed by atoms with Crippen molar-refractivity contribution in [1.29, 1.82) is 0 Å². The molecule has 0 unspecified atom stereocenters. The van der Waals surface area contributed by atoms with Crippen LogP contribution in [0.1, 0.15) is 46.0 Å². The van der Waals surface area contributed by atoms with Crippen LogP contribution in [0.5, 0.6) is 0 Å². The van der Waals surface area contributed by atoms with Crippen molar-refractivity contribution in [3.8, 4) is 0 Å². The fourth-order valence-electron chi connectivity index (χ4n) is 5.08. The Bertz CT molecular complexity index is 295. The lowest BCUT2D eigenvalue weighted by Gasteiger charge is -2.56. The number of carbonyl (C=O) groups is 1. The summed E-state index contributed by atoms with van der Waals surface area (Å²) in [5.41, 5.74) is 0. The quantitative estimate of drug-likeness (QED) is 0.720. The van der Waals surface area contributed by atoms with Crippen molar-refractivity contribution in [2.45, 2.75) is 52.0 Å². The standard InChI is InChI=1S/C15H25NO/c1-9(2)15(17)16(3)14-12-5-10-4-11(7-12)8-13(14)6-10/h9-14H,4-8H2,1-3H3. The minimum Gasteiger partial charge on any atom is -0.342 e. The molecule has 4 saturated carbocycles. The second-order valence-electron chi connectivity index (χ2n) is 7.03. The fourth-order valence-corrected chi connectivity index (χ4v) is 5.08. The summed E-state index contributed by atoms with van der Waals surface area (Å²) < 4.78 is 0. The third-order valence-electron chi connectivity index (χ3n) is 5.47. The van der Waals surface area contributed by atoms with Gasteiger partial charge in [-0.2, -0.15) is 0 Å². The van der Waals surface area contributed by atoms with E-state index in [1.807, 2.05) is 13.8 Å². The molecule has 1 amide bonds. The number of amides is 1. The molecule has 0 aliphatic heterocycles. The van der Waals surface area contributed by atoms with Gasteiger partial charge in [0, 0.05) is 19.0 Å². The molecule has 4 aliphatic rings. The van der Waals surface area contributed by atoms with E-state index in [-0.39, 0.29) is 5.92 Å². The van der Waals surface area contributed by atoms with Crippen molar-refractivity contribution in [3.05, 3.63) is 0 Å².